The van der Waals surface area contributed by atoms with E-state index in [-0.39, 0.29) is 0 Å². The zero-order chi connectivity index (χ0) is 12.5. The molecule has 0 atom stereocenters. The van der Waals surface area contributed by atoms with Crippen LogP contribution in [0.5, 0.6) is 0 Å². The predicted octanol–water partition coefficient (Wildman–Crippen LogP) is 2.57. The standard InChI is InChI=1S/C14H18N4/c1-10-16-13-8-15-7-6-12(13)14(17-10)18(2)9-11-4-3-5-11/h6-8,11H,3-5,9H2,1-2H3. The second-order valence-electron chi connectivity index (χ2n) is 5.16. The largest absolute Gasteiger partial charge is 0.359 e. The van der Waals surface area contributed by atoms with Crippen LogP contribution in [0.1, 0.15) is 25.1 Å². The normalized spacial score (nSPS) is 15.7. The molecule has 1 fully saturated rings. The summed E-state index contributed by atoms with van der Waals surface area (Å²) in [5.74, 6) is 2.68. The zero-order valence-electron chi connectivity index (χ0n) is 10.9. The van der Waals surface area contributed by atoms with Gasteiger partial charge in [-0.05, 0) is 31.7 Å². The van der Waals surface area contributed by atoms with Gasteiger partial charge in [0.25, 0.3) is 0 Å². The molecule has 2 aromatic heterocycles. The highest BCUT2D eigenvalue weighted by Gasteiger charge is 2.20. The van der Waals surface area contributed by atoms with Gasteiger partial charge in [-0.2, -0.15) is 0 Å². The fourth-order valence-electron chi connectivity index (χ4n) is 2.52. The minimum atomic E-state index is 0.811. The van der Waals surface area contributed by atoms with Crippen LogP contribution in [0, 0.1) is 12.8 Å². The summed E-state index contributed by atoms with van der Waals surface area (Å²) in [6.45, 7) is 3.03. The molecule has 0 amide bonds. The Balaban J connectivity index is 1.98. The molecule has 94 valence electrons. The maximum absolute atomic E-state index is 4.60. The molecule has 1 aliphatic rings. The lowest BCUT2D eigenvalue weighted by molar-refractivity contribution is 0.321. The Hall–Kier alpha value is -1.71. The SMILES string of the molecule is Cc1nc(N(C)CC2CCC2)c2ccncc2n1. The molecule has 2 aromatic rings. The molecule has 0 aliphatic heterocycles. The summed E-state index contributed by atoms with van der Waals surface area (Å²) in [7, 11) is 2.12. The van der Waals surface area contributed by atoms with Gasteiger partial charge in [-0.3, -0.25) is 4.98 Å². The van der Waals surface area contributed by atoms with Crippen molar-refractivity contribution in [3.8, 4) is 0 Å². The average molecular weight is 242 g/mol. The van der Waals surface area contributed by atoms with Crippen LogP contribution in [0.4, 0.5) is 5.82 Å². The number of hydrogen-bond acceptors (Lipinski definition) is 4. The Bertz CT molecular complexity index is 563. The number of aryl methyl sites for hydroxylation is 1. The van der Waals surface area contributed by atoms with E-state index >= 15 is 0 Å². The third kappa shape index (κ3) is 2.03. The summed E-state index contributed by atoms with van der Waals surface area (Å²) in [5.41, 5.74) is 0.931. The fourth-order valence-corrected chi connectivity index (χ4v) is 2.52. The van der Waals surface area contributed by atoms with Crippen LogP contribution in [-0.2, 0) is 0 Å². The van der Waals surface area contributed by atoms with Crippen LogP contribution in [0.25, 0.3) is 10.9 Å². The van der Waals surface area contributed by atoms with Gasteiger partial charge in [0.1, 0.15) is 11.6 Å². The van der Waals surface area contributed by atoms with Crippen molar-refractivity contribution in [2.75, 3.05) is 18.5 Å². The van der Waals surface area contributed by atoms with Crippen molar-refractivity contribution in [3.05, 3.63) is 24.3 Å². The topological polar surface area (TPSA) is 41.9 Å². The Morgan fingerprint density at radius 2 is 2.17 bits per heavy atom. The summed E-state index contributed by atoms with van der Waals surface area (Å²) in [6, 6.07) is 2.00. The van der Waals surface area contributed by atoms with Crippen LogP contribution in [0.15, 0.2) is 18.5 Å². The molecule has 0 saturated heterocycles. The number of nitrogens with zero attached hydrogens (tertiary/aromatic N) is 4. The molecule has 4 nitrogen and oxygen atoms in total. The molecule has 1 saturated carbocycles. The highest BCUT2D eigenvalue weighted by Crippen LogP contribution is 2.29. The number of hydrogen-bond donors (Lipinski definition) is 0. The molecular weight excluding hydrogens is 224 g/mol. The van der Waals surface area contributed by atoms with Gasteiger partial charge in [0.05, 0.1) is 11.7 Å². The third-order valence-electron chi connectivity index (χ3n) is 3.71. The van der Waals surface area contributed by atoms with E-state index in [0.717, 1.165) is 35.0 Å². The van der Waals surface area contributed by atoms with E-state index in [2.05, 4.69) is 26.9 Å². The highest BCUT2D eigenvalue weighted by molar-refractivity contribution is 5.88. The molecule has 4 heteroatoms. The Kier molecular flexibility index (Phi) is 2.86. The van der Waals surface area contributed by atoms with Gasteiger partial charge in [-0.1, -0.05) is 6.42 Å². The molecule has 18 heavy (non-hydrogen) atoms. The van der Waals surface area contributed by atoms with Crippen LogP contribution in [0.2, 0.25) is 0 Å². The van der Waals surface area contributed by atoms with Crippen LogP contribution >= 0.6 is 0 Å². The van der Waals surface area contributed by atoms with E-state index in [1.54, 1.807) is 0 Å². The third-order valence-corrected chi connectivity index (χ3v) is 3.71. The monoisotopic (exact) mass is 242 g/mol. The van der Waals surface area contributed by atoms with Crippen LogP contribution in [0.3, 0.4) is 0 Å². The van der Waals surface area contributed by atoms with Crippen molar-refractivity contribution in [2.45, 2.75) is 26.2 Å². The maximum atomic E-state index is 4.60. The van der Waals surface area contributed by atoms with Gasteiger partial charge in [0.2, 0.25) is 0 Å². The molecule has 0 bridgehead atoms. The minimum absolute atomic E-state index is 0.811. The van der Waals surface area contributed by atoms with Gasteiger partial charge >= 0.3 is 0 Å². The van der Waals surface area contributed by atoms with Crippen LogP contribution < -0.4 is 4.90 Å². The molecule has 2 heterocycles. The lowest BCUT2D eigenvalue weighted by atomic mass is 9.85. The lowest BCUT2D eigenvalue weighted by Crippen LogP contribution is -2.30. The first kappa shape index (κ1) is 11.4. The first-order valence-corrected chi connectivity index (χ1v) is 6.53. The summed E-state index contributed by atoms with van der Waals surface area (Å²) >= 11 is 0. The predicted molar refractivity (Wildman–Crippen MR) is 72.7 cm³/mol. The lowest BCUT2D eigenvalue weighted by Gasteiger charge is -2.31. The van der Waals surface area contributed by atoms with E-state index in [1.807, 2.05) is 25.4 Å². The molecule has 3 rings (SSSR count). The first-order chi connectivity index (χ1) is 8.74. The molecule has 0 aromatic carbocycles. The second kappa shape index (κ2) is 4.52. The molecule has 0 unspecified atom stereocenters. The maximum Gasteiger partial charge on any atom is 0.140 e. The van der Waals surface area contributed by atoms with Crippen molar-refractivity contribution in [2.24, 2.45) is 5.92 Å². The van der Waals surface area contributed by atoms with Gasteiger partial charge in [-0.25, -0.2) is 9.97 Å². The number of rotatable bonds is 3. The first-order valence-electron chi connectivity index (χ1n) is 6.53. The summed E-state index contributed by atoms with van der Waals surface area (Å²) in [5, 5.41) is 1.09. The van der Waals surface area contributed by atoms with Gasteiger partial charge < -0.3 is 4.90 Å². The molecule has 0 N–H and O–H groups in total. The molecule has 0 spiro atoms. The number of pyridine rings is 1. The molecule has 0 radical (unpaired) electrons. The number of fused-ring (bicyclic) bond motifs is 1. The van der Waals surface area contributed by atoms with Gasteiger partial charge in [-0.15, -0.1) is 0 Å². The molecular formula is C14H18N4. The average Bonchev–Trinajstić information content (AvgIpc) is 2.32. The quantitative estimate of drug-likeness (QED) is 0.829. The highest BCUT2D eigenvalue weighted by atomic mass is 15.2. The zero-order valence-corrected chi connectivity index (χ0v) is 10.9. The van der Waals surface area contributed by atoms with Crippen LogP contribution in [-0.4, -0.2) is 28.5 Å². The van der Waals surface area contributed by atoms with E-state index in [4.69, 9.17) is 0 Å². The summed E-state index contributed by atoms with van der Waals surface area (Å²) in [6.07, 6.45) is 7.71. The van der Waals surface area contributed by atoms with Gasteiger partial charge in [0.15, 0.2) is 0 Å². The second-order valence-corrected chi connectivity index (χ2v) is 5.16. The van der Waals surface area contributed by atoms with E-state index in [0.29, 0.717) is 0 Å². The van der Waals surface area contributed by atoms with E-state index in [1.165, 1.54) is 19.3 Å². The minimum Gasteiger partial charge on any atom is -0.359 e. The van der Waals surface area contributed by atoms with Gasteiger partial charge in [0, 0.05) is 25.2 Å². The Morgan fingerprint density at radius 1 is 1.33 bits per heavy atom. The number of aromatic nitrogens is 3. The van der Waals surface area contributed by atoms with Crippen molar-refractivity contribution in [3.63, 3.8) is 0 Å². The number of anilines is 1. The van der Waals surface area contributed by atoms with E-state index < -0.39 is 0 Å². The summed E-state index contributed by atoms with van der Waals surface area (Å²) in [4.78, 5) is 15.4. The Labute approximate surface area is 107 Å². The van der Waals surface area contributed by atoms with Crippen molar-refractivity contribution in [1.82, 2.24) is 15.0 Å². The van der Waals surface area contributed by atoms with E-state index in [9.17, 15) is 0 Å². The smallest absolute Gasteiger partial charge is 0.140 e. The molecule has 1 aliphatic carbocycles. The Morgan fingerprint density at radius 3 is 2.89 bits per heavy atom. The van der Waals surface area contributed by atoms with Crippen molar-refractivity contribution >= 4 is 16.7 Å². The summed E-state index contributed by atoms with van der Waals surface area (Å²) < 4.78 is 0. The van der Waals surface area contributed by atoms with Crippen molar-refractivity contribution in [1.29, 1.82) is 0 Å². The fraction of sp³-hybridized carbons (Fsp3) is 0.500. The van der Waals surface area contributed by atoms with Crippen molar-refractivity contribution < 1.29 is 0 Å².